The third kappa shape index (κ3) is 7.69. The summed E-state index contributed by atoms with van der Waals surface area (Å²) in [4.78, 5) is 5.89. The Hall–Kier alpha value is -1.21. The van der Waals surface area contributed by atoms with Crippen molar-refractivity contribution in [3.8, 4) is 0 Å². The zero-order valence-corrected chi connectivity index (χ0v) is 16.9. The lowest BCUT2D eigenvalue weighted by Gasteiger charge is -2.17. The molecule has 1 aliphatic rings. The molecule has 1 aromatic rings. The number of nitrogens with zero attached hydrogens (tertiary/aromatic N) is 1. The fourth-order valence-corrected chi connectivity index (χ4v) is 5.12. The van der Waals surface area contributed by atoms with E-state index in [0.717, 1.165) is 31.9 Å². The Morgan fingerprint density at radius 3 is 2.52 bits per heavy atom. The molecule has 0 radical (unpaired) electrons. The van der Waals surface area contributed by atoms with E-state index in [1.807, 2.05) is 36.9 Å². The number of sulfone groups is 1. The number of thioether (sulfide) groups is 1. The molecule has 25 heavy (non-hydrogen) atoms. The van der Waals surface area contributed by atoms with Crippen molar-refractivity contribution < 1.29 is 8.42 Å². The van der Waals surface area contributed by atoms with Crippen molar-refractivity contribution in [2.45, 2.75) is 36.8 Å². The van der Waals surface area contributed by atoms with Gasteiger partial charge in [-0.3, -0.25) is 4.99 Å². The maximum atomic E-state index is 11.6. The Bertz CT molecular complexity index is 671. The van der Waals surface area contributed by atoms with Crippen LogP contribution in [-0.4, -0.2) is 51.3 Å². The van der Waals surface area contributed by atoms with Crippen LogP contribution in [0.5, 0.6) is 0 Å². The molecule has 0 bridgehead atoms. The monoisotopic (exact) mass is 383 g/mol. The minimum Gasteiger partial charge on any atom is -0.357 e. The topological polar surface area (TPSA) is 70.6 Å². The summed E-state index contributed by atoms with van der Waals surface area (Å²) in [6, 6.07) is 10.3. The molecule has 1 aliphatic carbocycles. The van der Waals surface area contributed by atoms with Crippen molar-refractivity contribution >= 4 is 27.6 Å². The van der Waals surface area contributed by atoms with Crippen molar-refractivity contribution in [1.82, 2.24) is 10.6 Å². The molecule has 2 N–H and O–H groups in total. The van der Waals surface area contributed by atoms with Crippen molar-refractivity contribution in [1.29, 1.82) is 0 Å². The van der Waals surface area contributed by atoms with Gasteiger partial charge in [-0.2, -0.15) is 0 Å². The van der Waals surface area contributed by atoms with E-state index < -0.39 is 9.84 Å². The van der Waals surface area contributed by atoms with Crippen LogP contribution in [-0.2, 0) is 9.84 Å². The predicted octanol–water partition coefficient (Wildman–Crippen LogP) is 2.55. The van der Waals surface area contributed by atoms with Gasteiger partial charge in [-0.15, -0.1) is 11.8 Å². The largest absolute Gasteiger partial charge is 0.357 e. The van der Waals surface area contributed by atoms with Crippen LogP contribution < -0.4 is 10.6 Å². The van der Waals surface area contributed by atoms with Crippen LogP contribution in [0.1, 0.15) is 26.7 Å². The first kappa shape index (κ1) is 20.1. The highest BCUT2D eigenvalue weighted by atomic mass is 32.2. The van der Waals surface area contributed by atoms with E-state index in [2.05, 4.69) is 34.7 Å². The molecule has 0 spiro atoms. The second kappa shape index (κ2) is 8.94. The molecule has 1 saturated carbocycles. The molecular weight excluding hydrogens is 354 g/mol. The second-order valence-electron chi connectivity index (χ2n) is 6.89. The molecule has 140 valence electrons. The van der Waals surface area contributed by atoms with E-state index in [-0.39, 0.29) is 11.2 Å². The van der Waals surface area contributed by atoms with Crippen molar-refractivity contribution in [3.63, 3.8) is 0 Å². The quantitative estimate of drug-likeness (QED) is 0.390. The summed E-state index contributed by atoms with van der Waals surface area (Å²) in [7, 11) is -2.95. The van der Waals surface area contributed by atoms with Crippen LogP contribution in [0, 0.1) is 5.41 Å². The average molecular weight is 384 g/mol. The van der Waals surface area contributed by atoms with E-state index in [0.29, 0.717) is 11.8 Å². The average Bonchev–Trinajstić information content (AvgIpc) is 3.29. The molecule has 0 saturated heterocycles. The number of hydrogen-bond donors (Lipinski definition) is 2. The summed E-state index contributed by atoms with van der Waals surface area (Å²) in [5.41, 5.74) is -0.139. The van der Waals surface area contributed by atoms with Crippen LogP contribution in [0.15, 0.2) is 40.2 Å². The molecule has 1 unspecified atom stereocenters. The van der Waals surface area contributed by atoms with Crippen molar-refractivity contribution in [2.24, 2.45) is 10.4 Å². The zero-order valence-electron chi connectivity index (χ0n) is 15.3. The van der Waals surface area contributed by atoms with Crippen LogP contribution in [0.3, 0.4) is 0 Å². The predicted molar refractivity (Wildman–Crippen MR) is 107 cm³/mol. The van der Waals surface area contributed by atoms with Crippen LogP contribution in [0.25, 0.3) is 0 Å². The smallest absolute Gasteiger partial charge is 0.191 e. The number of benzene rings is 1. The molecule has 1 fully saturated rings. The maximum absolute atomic E-state index is 11.6. The number of rotatable bonds is 9. The Morgan fingerprint density at radius 1 is 1.28 bits per heavy atom. The molecule has 1 aromatic carbocycles. The second-order valence-corrected chi connectivity index (χ2v) is 10.5. The molecule has 1 atom stereocenters. The van der Waals surface area contributed by atoms with Crippen molar-refractivity contribution in [3.05, 3.63) is 30.3 Å². The highest BCUT2D eigenvalue weighted by Crippen LogP contribution is 2.46. The summed E-state index contributed by atoms with van der Waals surface area (Å²) >= 11 is 1.82. The van der Waals surface area contributed by atoms with Gasteiger partial charge in [-0.05, 0) is 31.9 Å². The summed E-state index contributed by atoms with van der Waals surface area (Å²) in [5, 5.41) is 7.02. The highest BCUT2D eigenvalue weighted by Gasteiger charge is 2.45. The third-order valence-electron chi connectivity index (χ3n) is 4.08. The van der Waals surface area contributed by atoms with E-state index in [1.165, 1.54) is 11.2 Å². The Kier molecular flexibility index (Phi) is 7.19. The van der Waals surface area contributed by atoms with Crippen LogP contribution >= 0.6 is 11.8 Å². The van der Waals surface area contributed by atoms with E-state index >= 15 is 0 Å². The van der Waals surface area contributed by atoms with Gasteiger partial charge in [0.25, 0.3) is 0 Å². The number of nitrogens with one attached hydrogen (secondary N) is 2. The highest BCUT2D eigenvalue weighted by molar-refractivity contribution is 8.00. The van der Waals surface area contributed by atoms with Gasteiger partial charge in [-0.25, -0.2) is 8.42 Å². The molecule has 0 aliphatic heterocycles. The molecule has 0 amide bonds. The van der Waals surface area contributed by atoms with Gasteiger partial charge in [0.1, 0.15) is 9.84 Å². The van der Waals surface area contributed by atoms with E-state index in [9.17, 15) is 8.42 Å². The summed E-state index contributed by atoms with van der Waals surface area (Å²) in [5.74, 6) is 1.01. The lowest BCUT2D eigenvalue weighted by Crippen LogP contribution is -2.40. The van der Waals surface area contributed by atoms with Gasteiger partial charge < -0.3 is 10.6 Å². The molecule has 5 nitrogen and oxygen atoms in total. The minimum absolute atomic E-state index is 0.139. The van der Waals surface area contributed by atoms with Gasteiger partial charge >= 0.3 is 0 Å². The summed E-state index contributed by atoms with van der Waals surface area (Å²) in [6.07, 6.45) is 3.20. The van der Waals surface area contributed by atoms with Crippen LogP contribution in [0.4, 0.5) is 0 Å². The minimum atomic E-state index is -2.95. The summed E-state index contributed by atoms with van der Waals surface area (Å²) in [6.45, 7) is 6.36. The lowest BCUT2D eigenvalue weighted by atomic mass is 10.1. The Labute approximate surface area is 156 Å². The van der Waals surface area contributed by atoms with Gasteiger partial charge in [0.05, 0.1) is 5.75 Å². The Morgan fingerprint density at radius 2 is 1.96 bits per heavy atom. The molecule has 0 aromatic heterocycles. The third-order valence-corrected chi connectivity index (χ3v) is 6.33. The first-order valence-corrected chi connectivity index (χ1v) is 11.7. The molecule has 7 heteroatoms. The maximum Gasteiger partial charge on any atom is 0.191 e. The lowest BCUT2D eigenvalue weighted by molar-refractivity contribution is 0.550. The first-order chi connectivity index (χ1) is 11.8. The van der Waals surface area contributed by atoms with Gasteiger partial charge in [-0.1, -0.05) is 25.1 Å². The van der Waals surface area contributed by atoms with Gasteiger partial charge in [0.2, 0.25) is 0 Å². The number of guanidine groups is 1. The van der Waals surface area contributed by atoms with Crippen LogP contribution in [0.2, 0.25) is 0 Å². The van der Waals surface area contributed by atoms with Gasteiger partial charge in [0, 0.05) is 41.5 Å². The standard InChI is InChI=1S/C18H29N3O2S2/c1-4-19-17(21-13-18(10-11-18)14-25(3,22)23)20-12-15(2)24-16-8-6-5-7-9-16/h5-9,15H,4,10-14H2,1-3H3,(H2,19,20,21). The normalized spacial score (nSPS) is 17.8. The van der Waals surface area contributed by atoms with E-state index in [1.54, 1.807) is 0 Å². The fourth-order valence-electron chi connectivity index (χ4n) is 2.68. The molecular formula is C18H29N3O2S2. The van der Waals surface area contributed by atoms with Gasteiger partial charge in [0.15, 0.2) is 5.96 Å². The molecule has 0 heterocycles. The Balaban J connectivity index is 1.85. The van der Waals surface area contributed by atoms with E-state index in [4.69, 9.17) is 0 Å². The SMILES string of the molecule is CCNC(=NCC1(CS(C)(=O)=O)CC1)NCC(C)Sc1ccccc1. The fraction of sp³-hybridized carbons (Fsp3) is 0.611. The summed E-state index contributed by atoms with van der Waals surface area (Å²) < 4.78 is 23.1. The first-order valence-electron chi connectivity index (χ1n) is 8.73. The number of aliphatic imine (C=N–C) groups is 1. The zero-order chi connectivity index (χ0) is 18.3. The number of hydrogen-bond acceptors (Lipinski definition) is 4. The van der Waals surface area contributed by atoms with Crippen molar-refractivity contribution in [2.75, 3.05) is 31.6 Å². The molecule has 2 rings (SSSR count).